The third kappa shape index (κ3) is 2.54. The number of para-hydroxylation sites is 1. The Labute approximate surface area is 84.7 Å². The molecule has 0 unspecified atom stereocenters. The zero-order valence-corrected chi connectivity index (χ0v) is 8.24. The Morgan fingerprint density at radius 3 is 2.86 bits per heavy atom. The summed E-state index contributed by atoms with van der Waals surface area (Å²) in [4.78, 5) is 0. The predicted molar refractivity (Wildman–Crippen MR) is 50.9 cm³/mol. The standard InChI is InChI=1S/C9H10O4S/c10-14-12-7-9(13-14)6-11-8-4-2-1-3-5-8/h1-5,9H,6-7H2/t9-,14+/m1/s1. The van der Waals surface area contributed by atoms with E-state index < -0.39 is 11.4 Å². The molecule has 1 aromatic rings. The molecule has 76 valence electrons. The second kappa shape index (κ2) is 4.54. The molecule has 0 bridgehead atoms. The fourth-order valence-corrected chi connectivity index (χ4v) is 1.73. The lowest BCUT2D eigenvalue weighted by Gasteiger charge is -2.08. The van der Waals surface area contributed by atoms with Crippen molar-refractivity contribution < 1.29 is 17.3 Å². The monoisotopic (exact) mass is 214 g/mol. The summed E-state index contributed by atoms with van der Waals surface area (Å²) in [5.74, 6) is 0.772. The zero-order valence-electron chi connectivity index (χ0n) is 7.42. The normalized spacial score (nSPS) is 26.3. The Kier molecular flexibility index (Phi) is 3.13. The second-order valence-electron chi connectivity index (χ2n) is 2.83. The van der Waals surface area contributed by atoms with Gasteiger partial charge in [0, 0.05) is 0 Å². The van der Waals surface area contributed by atoms with Crippen LogP contribution in [0.5, 0.6) is 5.75 Å². The molecule has 1 aromatic carbocycles. The summed E-state index contributed by atoms with van der Waals surface area (Å²) in [6.45, 7) is 0.676. The van der Waals surface area contributed by atoms with E-state index in [0.717, 1.165) is 5.75 Å². The highest BCUT2D eigenvalue weighted by Gasteiger charge is 2.23. The average Bonchev–Trinajstić information content (AvgIpc) is 2.63. The Bertz CT molecular complexity index is 314. The molecule has 1 aliphatic rings. The van der Waals surface area contributed by atoms with E-state index >= 15 is 0 Å². The highest BCUT2D eigenvalue weighted by atomic mass is 32.2. The maximum atomic E-state index is 10.7. The molecule has 1 saturated heterocycles. The van der Waals surface area contributed by atoms with Gasteiger partial charge in [-0.15, -0.1) is 0 Å². The van der Waals surface area contributed by atoms with Gasteiger partial charge in [-0.25, -0.2) is 0 Å². The van der Waals surface area contributed by atoms with Crippen LogP contribution in [0.1, 0.15) is 0 Å². The van der Waals surface area contributed by atoms with Crippen molar-refractivity contribution in [3.05, 3.63) is 30.3 Å². The molecule has 0 N–H and O–H groups in total. The van der Waals surface area contributed by atoms with Crippen LogP contribution in [-0.4, -0.2) is 23.5 Å². The van der Waals surface area contributed by atoms with Gasteiger partial charge in [-0.2, -0.15) is 4.21 Å². The first-order valence-electron chi connectivity index (χ1n) is 4.24. The van der Waals surface area contributed by atoms with Crippen molar-refractivity contribution in [1.82, 2.24) is 0 Å². The summed E-state index contributed by atoms with van der Waals surface area (Å²) < 4.78 is 25.7. The molecule has 14 heavy (non-hydrogen) atoms. The van der Waals surface area contributed by atoms with E-state index in [0.29, 0.717) is 13.2 Å². The molecule has 0 amide bonds. The molecular weight excluding hydrogens is 204 g/mol. The van der Waals surface area contributed by atoms with Crippen LogP contribution >= 0.6 is 0 Å². The first-order valence-corrected chi connectivity index (χ1v) is 5.24. The van der Waals surface area contributed by atoms with Crippen LogP contribution in [0.3, 0.4) is 0 Å². The highest BCUT2D eigenvalue weighted by molar-refractivity contribution is 7.75. The van der Waals surface area contributed by atoms with Gasteiger partial charge in [0.1, 0.15) is 18.5 Å². The zero-order chi connectivity index (χ0) is 9.80. The van der Waals surface area contributed by atoms with Gasteiger partial charge in [0.25, 0.3) is 0 Å². The Morgan fingerprint density at radius 2 is 2.21 bits per heavy atom. The van der Waals surface area contributed by atoms with Gasteiger partial charge < -0.3 is 4.74 Å². The molecule has 4 nitrogen and oxygen atoms in total. The van der Waals surface area contributed by atoms with Crippen molar-refractivity contribution in [2.45, 2.75) is 6.10 Å². The van der Waals surface area contributed by atoms with E-state index in [-0.39, 0.29) is 6.10 Å². The first-order chi connectivity index (χ1) is 6.84. The van der Waals surface area contributed by atoms with E-state index in [9.17, 15) is 4.21 Å². The average molecular weight is 214 g/mol. The predicted octanol–water partition coefficient (Wildman–Crippen LogP) is 1.06. The molecular formula is C9H10O4S. The Hall–Kier alpha value is -0.910. The fourth-order valence-electron chi connectivity index (χ4n) is 1.08. The van der Waals surface area contributed by atoms with Crippen molar-refractivity contribution >= 4 is 11.4 Å². The molecule has 0 aromatic heterocycles. The van der Waals surface area contributed by atoms with E-state index in [1.54, 1.807) is 0 Å². The molecule has 1 fully saturated rings. The van der Waals surface area contributed by atoms with E-state index in [2.05, 4.69) is 0 Å². The summed E-state index contributed by atoms with van der Waals surface area (Å²) in [7, 11) is 0. The number of rotatable bonds is 3. The maximum absolute atomic E-state index is 10.7. The molecule has 0 spiro atoms. The fraction of sp³-hybridized carbons (Fsp3) is 0.333. The molecule has 0 radical (unpaired) electrons. The quantitative estimate of drug-likeness (QED) is 0.754. The summed E-state index contributed by atoms with van der Waals surface area (Å²) in [6, 6.07) is 9.40. The van der Waals surface area contributed by atoms with Crippen LogP contribution in [0.4, 0.5) is 0 Å². The lowest BCUT2D eigenvalue weighted by molar-refractivity contribution is 0.151. The number of hydrogen-bond acceptors (Lipinski definition) is 4. The van der Waals surface area contributed by atoms with Gasteiger partial charge in [0.15, 0.2) is 0 Å². The first kappa shape index (κ1) is 9.64. The maximum Gasteiger partial charge on any atom is 0.305 e. The highest BCUT2D eigenvalue weighted by Crippen LogP contribution is 2.13. The van der Waals surface area contributed by atoms with Crippen molar-refractivity contribution in [3.8, 4) is 5.75 Å². The number of ether oxygens (including phenoxy) is 1. The van der Waals surface area contributed by atoms with Crippen LogP contribution in [0.2, 0.25) is 0 Å². The number of hydrogen-bond donors (Lipinski definition) is 0. The Balaban J connectivity index is 1.80. The molecule has 2 atom stereocenters. The van der Waals surface area contributed by atoms with Gasteiger partial charge in [0.2, 0.25) is 0 Å². The van der Waals surface area contributed by atoms with Crippen LogP contribution in [0.25, 0.3) is 0 Å². The van der Waals surface area contributed by atoms with Crippen molar-refractivity contribution in [1.29, 1.82) is 0 Å². The van der Waals surface area contributed by atoms with Gasteiger partial charge in [-0.1, -0.05) is 18.2 Å². The lowest BCUT2D eigenvalue weighted by atomic mass is 10.3. The topological polar surface area (TPSA) is 44.8 Å². The van der Waals surface area contributed by atoms with Gasteiger partial charge in [-0.3, -0.25) is 8.37 Å². The van der Waals surface area contributed by atoms with Crippen molar-refractivity contribution in [3.63, 3.8) is 0 Å². The van der Waals surface area contributed by atoms with E-state index in [4.69, 9.17) is 13.1 Å². The van der Waals surface area contributed by atoms with Gasteiger partial charge >= 0.3 is 11.4 Å². The Morgan fingerprint density at radius 1 is 1.43 bits per heavy atom. The third-order valence-electron chi connectivity index (χ3n) is 1.74. The molecule has 1 heterocycles. The summed E-state index contributed by atoms with van der Waals surface area (Å²) >= 11 is -1.59. The second-order valence-corrected chi connectivity index (χ2v) is 3.67. The molecule has 5 heteroatoms. The van der Waals surface area contributed by atoms with Gasteiger partial charge in [0.05, 0.1) is 6.61 Å². The summed E-state index contributed by atoms with van der Waals surface area (Å²) in [5, 5.41) is 0. The smallest absolute Gasteiger partial charge is 0.305 e. The number of benzene rings is 1. The summed E-state index contributed by atoms with van der Waals surface area (Å²) in [5.41, 5.74) is 0. The van der Waals surface area contributed by atoms with E-state index in [1.807, 2.05) is 30.3 Å². The third-order valence-corrected chi connectivity index (χ3v) is 2.50. The molecule has 0 aliphatic carbocycles. The lowest BCUT2D eigenvalue weighted by Crippen LogP contribution is -2.19. The molecule has 0 saturated carbocycles. The van der Waals surface area contributed by atoms with Gasteiger partial charge in [-0.05, 0) is 12.1 Å². The minimum absolute atomic E-state index is 0.240. The molecule has 2 rings (SSSR count). The minimum Gasteiger partial charge on any atom is -0.491 e. The largest absolute Gasteiger partial charge is 0.491 e. The minimum atomic E-state index is -1.59. The molecule has 1 aliphatic heterocycles. The van der Waals surface area contributed by atoms with Crippen LogP contribution < -0.4 is 4.74 Å². The van der Waals surface area contributed by atoms with Crippen LogP contribution in [-0.2, 0) is 19.7 Å². The SMILES string of the molecule is O=[S@]1OC[C@@H](COc2ccccc2)O1. The van der Waals surface area contributed by atoms with Crippen LogP contribution in [0, 0.1) is 0 Å². The summed E-state index contributed by atoms with van der Waals surface area (Å²) in [6.07, 6.45) is -0.240. The van der Waals surface area contributed by atoms with Crippen LogP contribution in [0.15, 0.2) is 30.3 Å². The van der Waals surface area contributed by atoms with Crippen molar-refractivity contribution in [2.75, 3.05) is 13.2 Å². The van der Waals surface area contributed by atoms with Crippen molar-refractivity contribution in [2.24, 2.45) is 0 Å². The van der Waals surface area contributed by atoms with E-state index in [1.165, 1.54) is 0 Å².